The van der Waals surface area contributed by atoms with Crippen LogP contribution >= 0.6 is 11.3 Å². The van der Waals surface area contributed by atoms with Crippen molar-refractivity contribution >= 4 is 11.3 Å². The highest BCUT2D eigenvalue weighted by molar-refractivity contribution is 7.15. The van der Waals surface area contributed by atoms with E-state index in [0.29, 0.717) is 5.92 Å². The molecule has 0 saturated heterocycles. The van der Waals surface area contributed by atoms with Gasteiger partial charge < -0.3 is 9.88 Å². The molecular weight excluding hydrogens is 323 g/mol. The molecule has 2 aromatic heterocycles. The van der Waals surface area contributed by atoms with E-state index >= 15 is 0 Å². The second kappa shape index (κ2) is 6.83. The molecule has 3 aromatic rings. The first-order chi connectivity index (χ1) is 11.8. The van der Waals surface area contributed by atoms with E-state index in [2.05, 4.69) is 32.2 Å². The quantitative estimate of drug-likeness (QED) is 0.772. The molecule has 24 heavy (non-hydrogen) atoms. The fourth-order valence-corrected chi connectivity index (χ4v) is 4.12. The summed E-state index contributed by atoms with van der Waals surface area (Å²) in [6.07, 6.45) is 4.01. The molecule has 0 amide bonds. The lowest BCUT2D eigenvalue weighted by atomic mass is 9.99. The number of thiophene rings is 1. The Bertz CT molecular complexity index is 809. The number of rotatable bonds is 5. The first-order valence-electron chi connectivity index (χ1n) is 8.20. The fourth-order valence-electron chi connectivity index (χ4n) is 3.14. The van der Waals surface area contributed by atoms with Gasteiger partial charge in [-0.15, -0.1) is 21.5 Å². The van der Waals surface area contributed by atoms with E-state index in [0.717, 1.165) is 43.9 Å². The highest BCUT2D eigenvalue weighted by Gasteiger charge is 2.19. The number of nitrogens with one attached hydrogen (secondary N) is 1. The van der Waals surface area contributed by atoms with Crippen LogP contribution in [-0.4, -0.2) is 21.3 Å². The molecule has 0 bridgehead atoms. The third-order valence-corrected chi connectivity index (χ3v) is 5.58. The number of halogens is 1. The van der Waals surface area contributed by atoms with Gasteiger partial charge in [-0.2, -0.15) is 0 Å². The van der Waals surface area contributed by atoms with Crippen molar-refractivity contribution < 1.29 is 4.39 Å². The standard InChI is InChI=1S/C18H19FN4S/c19-15-4-2-14(3-5-15)17-7-6-16(24-17)10-20-9-13-1-8-18-22-21-12-23(18)11-13/h2-7,12-13,20H,1,8-11H2/t13-/m0/s1. The topological polar surface area (TPSA) is 42.7 Å². The molecule has 1 atom stereocenters. The van der Waals surface area contributed by atoms with E-state index in [1.165, 1.54) is 21.9 Å². The van der Waals surface area contributed by atoms with Crippen LogP contribution in [0.2, 0.25) is 0 Å². The normalized spacial score (nSPS) is 17.0. The van der Waals surface area contributed by atoms with E-state index in [9.17, 15) is 4.39 Å². The Morgan fingerprint density at radius 3 is 2.96 bits per heavy atom. The van der Waals surface area contributed by atoms with Crippen molar-refractivity contribution in [3.63, 3.8) is 0 Å². The summed E-state index contributed by atoms with van der Waals surface area (Å²) >= 11 is 1.76. The minimum atomic E-state index is -0.194. The van der Waals surface area contributed by atoms with Crippen LogP contribution in [0.4, 0.5) is 4.39 Å². The number of fused-ring (bicyclic) bond motifs is 1. The molecule has 3 heterocycles. The number of benzene rings is 1. The molecule has 4 nitrogen and oxygen atoms in total. The molecule has 0 fully saturated rings. The Kier molecular flexibility index (Phi) is 4.40. The second-order valence-corrected chi connectivity index (χ2v) is 7.38. The molecule has 0 unspecified atom stereocenters. The predicted octanol–water partition coefficient (Wildman–Crippen LogP) is 3.50. The molecular formula is C18H19FN4S. The number of hydrogen-bond donors (Lipinski definition) is 1. The van der Waals surface area contributed by atoms with Crippen molar-refractivity contribution in [3.8, 4) is 10.4 Å². The van der Waals surface area contributed by atoms with E-state index in [-0.39, 0.29) is 5.82 Å². The van der Waals surface area contributed by atoms with Crippen LogP contribution < -0.4 is 5.32 Å². The zero-order chi connectivity index (χ0) is 16.4. The molecule has 1 aromatic carbocycles. The van der Waals surface area contributed by atoms with E-state index < -0.39 is 0 Å². The molecule has 0 saturated carbocycles. The van der Waals surface area contributed by atoms with Crippen molar-refractivity contribution in [3.05, 3.63) is 59.2 Å². The van der Waals surface area contributed by atoms with Gasteiger partial charge in [-0.25, -0.2) is 4.39 Å². The maximum absolute atomic E-state index is 13.0. The SMILES string of the molecule is Fc1ccc(-c2ccc(CNC[C@@H]3CCc4nncn4C3)s2)cc1. The highest BCUT2D eigenvalue weighted by Crippen LogP contribution is 2.28. The summed E-state index contributed by atoms with van der Waals surface area (Å²) < 4.78 is 15.2. The molecule has 1 aliphatic rings. The van der Waals surface area contributed by atoms with Crippen LogP contribution in [-0.2, 0) is 19.5 Å². The van der Waals surface area contributed by atoms with Crippen LogP contribution in [0.25, 0.3) is 10.4 Å². The van der Waals surface area contributed by atoms with Crippen molar-refractivity contribution in [2.45, 2.75) is 25.9 Å². The third-order valence-electron chi connectivity index (χ3n) is 4.45. The Hall–Kier alpha value is -2.05. The van der Waals surface area contributed by atoms with Gasteiger partial charge in [0.15, 0.2) is 0 Å². The zero-order valence-electron chi connectivity index (χ0n) is 13.3. The van der Waals surface area contributed by atoms with E-state index in [1.807, 2.05) is 18.5 Å². The van der Waals surface area contributed by atoms with Gasteiger partial charge in [0.1, 0.15) is 18.0 Å². The van der Waals surface area contributed by atoms with Crippen LogP contribution in [0.1, 0.15) is 17.1 Å². The summed E-state index contributed by atoms with van der Waals surface area (Å²) in [5.74, 6) is 1.54. The number of aryl methyl sites for hydroxylation is 1. The Balaban J connectivity index is 1.30. The maximum Gasteiger partial charge on any atom is 0.132 e. The average molecular weight is 342 g/mol. The van der Waals surface area contributed by atoms with Crippen molar-refractivity contribution in [2.24, 2.45) is 5.92 Å². The smallest absolute Gasteiger partial charge is 0.132 e. The Morgan fingerprint density at radius 1 is 1.21 bits per heavy atom. The first-order valence-corrected chi connectivity index (χ1v) is 9.01. The summed E-state index contributed by atoms with van der Waals surface area (Å²) in [5, 5.41) is 11.7. The molecule has 124 valence electrons. The molecule has 4 rings (SSSR count). The van der Waals surface area contributed by atoms with Crippen molar-refractivity contribution in [1.29, 1.82) is 0 Å². The van der Waals surface area contributed by atoms with Gasteiger partial charge >= 0.3 is 0 Å². The molecule has 1 N–H and O–H groups in total. The maximum atomic E-state index is 13.0. The van der Waals surface area contributed by atoms with Crippen LogP contribution in [0.15, 0.2) is 42.7 Å². The monoisotopic (exact) mass is 342 g/mol. The lowest BCUT2D eigenvalue weighted by molar-refractivity contribution is 0.348. The van der Waals surface area contributed by atoms with Crippen molar-refractivity contribution in [1.82, 2.24) is 20.1 Å². The highest BCUT2D eigenvalue weighted by atomic mass is 32.1. The molecule has 0 radical (unpaired) electrons. The van der Waals surface area contributed by atoms with Gasteiger partial charge in [0, 0.05) is 35.8 Å². The average Bonchev–Trinajstić information content (AvgIpc) is 3.24. The minimum absolute atomic E-state index is 0.194. The summed E-state index contributed by atoms with van der Waals surface area (Å²) in [7, 11) is 0. The van der Waals surface area contributed by atoms with E-state index in [4.69, 9.17) is 0 Å². The van der Waals surface area contributed by atoms with Crippen LogP contribution in [0.5, 0.6) is 0 Å². The molecule has 6 heteroatoms. The van der Waals surface area contributed by atoms with Gasteiger partial charge in [-0.3, -0.25) is 0 Å². The predicted molar refractivity (Wildman–Crippen MR) is 93.3 cm³/mol. The number of nitrogens with zero attached hydrogens (tertiary/aromatic N) is 3. The number of aromatic nitrogens is 3. The van der Waals surface area contributed by atoms with Crippen LogP contribution in [0.3, 0.4) is 0 Å². The second-order valence-electron chi connectivity index (χ2n) is 6.21. The van der Waals surface area contributed by atoms with Crippen molar-refractivity contribution in [2.75, 3.05) is 6.54 Å². The Labute approximate surface area is 144 Å². The summed E-state index contributed by atoms with van der Waals surface area (Å²) in [6, 6.07) is 10.9. The van der Waals surface area contributed by atoms with Gasteiger partial charge in [-0.05, 0) is 42.2 Å². The lowest BCUT2D eigenvalue weighted by Crippen LogP contribution is -2.29. The summed E-state index contributed by atoms with van der Waals surface area (Å²) in [5.41, 5.74) is 1.07. The lowest BCUT2D eigenvalue weighted by Gasteiger charge is -2.23. The zero-order valence-corrected chi connectivity index (χ0v) is 14.1. The largest absolute Gasteiger partial charge is 0.317 e. The molecule has 0 aliphatic carbocycles. The summed E-state index contributed by atoms with van der Waals surface area (Å²) in [4.78, 5) is 2.48. The van der Waals surface area contributed by atoms with Gasteiger partial charge in [-0.1, -0.05) is 12.1 Å². The fraction of sp³-hybridized carbons (Fsp3) is 0.333. The molecule has 0 spiro atoms. The number of hydrogen-bond acceptors (Lipinski definition) is 4. The Morgan fingerprint density at radius 2 is 2.08 bits per heavy atom. The first kappa shape index (κ1) is 15.5. The van der Waals surface area contributed by atoms with Gasteiger partial charge in [0.2, 0.25) is 0 Å². The van der Waals surface area contributed by atoms with Gasteiger partial charge in [0.25, 0.3) is 0 Å². The van der Waals surface area contributed by atoms with Gasteiger partial charge in [0.05, 0.1) is 0 Å². The third kappa shape index (κ3) is 3.39. The molecule has 1 aliphatic heterocycles. The van der Waals surface area contributed by atoms with Crippen LogP contribution in [0, 0.1) is 11.7 Å². The summed E-state index contributed by atoms with van der Waals surface area (Å²) in [6.45, 7) is 2.87. The minimum Gasteiger partial charge on any atom is -0.317 e. The van der Waals surface area contributed by atoms with E-state index in [1.54, 1.807) is 11.3 Å².